The smallest absolute Gasteiger partial charge is 0.289 e. The second-order valence-electron chi connectivity index (χ2n) is 5.50. The van der Waals surface area contributed by atoms with Crippen molar-refractivity contribution >= 4 is 57.3 Å². The summed E-state index contributed by atoms with van der Waals surface area (Å²) < 4.78 is 7.93. The molecular formula is C20H15I2N3O2. The van der Waals surface area contributed by atoms with Crippen molar-refractivity contribution in [3.05, 3.63) is 90.8 Å². The van der Waals surface area contributed by atoms with Crippen molar-refractivity contribution in [2.75, 3.05) is 0 Å². The van der Waals surface area contributed by atoms with Crippen molar-refractivity contribution in [2.45, 2.75) is 6.61 Å². The highest BCUT2D eigenvalue weighted by molar-refractivity contribution is 14.1. The Kier molecular flexibility index (Phi) is 7.16. The summed E-state index contributed by atoms with van der Waals surface area (Å²) in [4.78, 5) is 15.9. The summed E-state index contributed by atoms with van der Waals surface area (Å²) in [5, 5.41) is 4.01. The molecule has 0 atom stereocenters. The third-order valence-electron chi connectivity index (χ3n) is 3.52. The second kappa shape index (κ2) is 9.79. The molecule has 0 saturated heterocycles. The topological polar surface area (TPSA) is 63.6 Å². The molecule has 0 spiro atoms. The summed E-state index contributed by atoms with van der Waals surface area (Å²) in [5.41, 5.74) is 4.79. The second-order valence-corrected chi connectivity index (χ2v) is 7.83. The van der Waals surface area contributed by atoms with Gasteiger partial charge in [0.1, 0.15) is 18.1 Å². The number of rotatable bonds is 6. The van der Waals surface area contributed by atoms with E-state index in [2.05, 4.69) is 60.7 Å². The number of carbonyl (C=O) groups is 1. The molecule has 1 N–H and O–H groups in total. The van der Waals surface area contributed by atoms with E-state index in [1.54, 1.807) is 30.6 Å². The van der Waals surface area contributed by atoms with E-state index in [0.717, 1.165) is 24.0 Å². The van der Waals surface area contributed by atoms with Crippen molar-refractivity contribution in [1.29, 1.82) is 0 Å². The Morgan fingerprint density at radius 3 is 2.44 bits per heavy atom. The Morgan fingerprint density at radius 1 is 1.07 bits per heavy atom. The van der Waals surface area contributed by atoms with Crippen LogP contribution in [0.4, 0.5) is 0 Å². The van der Waals surface area contributed by atoms with Gasteiger partial charge in [0.15, 0.2) is 0 Å². The lowest BCUT2D eigenvalue weighted by Crippen LogP contribution is -2.18. The zero-order valence-electron chi connectivity index (χ0n) is 14.1. The SMILES string of the molecule is O=C(N/N=C\c1cc(I)c(OCc2ccccc2)c(I)c1)c1ccccn1. The number of amides is 1. The van der Waals surface area contributed by atoms with Crippen molar-refractivity contribution in [1.82, 2.24) is 10.4 Å². The fourth-order valence-electron chi connectivity index (χ4n) is 2.24. The molecule has 0 aliphatic heterocycles. The number of nitrogens with zero attached hydrogens (tertiary/aromatic N) is 2. The van der Waals surface area contributed by atoms with Crippen LogP contribution < -0.4 is 10.2 Å². The van der Waals surface area contributed by atoms with Crippen molar-refractivity contribution in [3.8, 4) is 5.75 Å². The minimum absolute atomic E-state index is 0.323. The number of halogens is 2. The number of carbonyl (C=O) groups excluding carboxylic acids is 1. The van der Waals surface area contributed by atoms with Gasteiger partial charge in [-0.25, -0.2) is 5.43 Å². The molecule has 0 aliphatic carbocycles. The Morgan fingerprint density at radius 2 is 1.78 bits per heavy atom. The van der Waals surface area contributed by atoms with E-state index in [1.807, 2.05) is 42.5 Å². The molecule has 0 radical (unpaired) electrons. The van der Waals surface area contributed by atoms with Gasteiger partial charge in [0.25, 0.3) is 5.91 Å². The van der Waals surface area contributed by atoms with E-state index in [4.69, 9.17) is 4.74 Å². The average molecular weight is 583 g/mol. The number of hydrazone groups is 1. The van der Waals surface area contributed by atoms with Crippen LogP contribution in [0.15, 0.2) is 72.0 Å². The van der Waals surface area contributed by atoms with Crippen LogP contribution in [0.5, 0.6) is 5.75 Å². The predicted octanol–water partition coefficient (Wildman–Crippen LogP) is 4.63. The number of hydrogen-bond donors (Lipinski definition) is 1. The van der Waals surface area contributed by atoms with Crippen molar-refractivity contribution in [3.63, 3.8) is 0 Å². The molecule has 2 aromatic carbocycles. The number of aromatic nitrogens is 1. The van der Waals surface area contributed by atoms with E-state index in [9.17, 15) is 4.79 Å². The van der Waals surface area contributed by atoms with Crippen LogP contribution in [-0.4, -0.2) is 17.1 Å². The lowest BCUT2D eigenvalue weighted by atomic mass is 10.2. The molecule has 3 aromatic rings. The molecule has 27 heavy (non-hydrogen) atoms. The first-order valence-corrected chi connectivity index (χ1v) is 10.2. The van der Waals surface area contributed by atoms with Gasteiger partial charge < -0.3 is 4.74 Å². The van der Waals surface area contributed by atoms with Gasteiger partial charge >= 0.3 is 0 Å². The standard InChI is InChI=1S/C20H15I2N3O2/c21-16-10-15(12-24-25-20(26)18-8-4-5-9-23-18)11-17(22)19(16)27-13-14-6-2-1-3-7-14/h1-12H,13H2,(H,25,26)/b24-12-. The fraction of sp³-hybridized carbons (Fsp3) is 0.0500. The average Bonchev–Trinajstić information content (AvgIpc) is 2.69. The van der Waals surface area contributed by atoms with Crippen LogP contribution in [0.2, 0.25) is 0 Å². The monoisotopic (exact) mass is 583 g/mol. The maximum Gasteiger partial charge on any atom is 0.289 e. The van der Waals surface area contributed by atoms with Gasteiger partial charge in [-0.15, -0.1) is 0 Å². The van der Waals surface area contributed by atoms with Gasteiger partial charge in [0.05, 0.1) is 13.4 Å². The van der Waals surface area contributed by atoms with E-state index >= 15 is 0 Å². The van der Waals surface area contributed by atoms with Crippen LogP contribution >= 0.6 is 45.2 Å². The minimum atomic E-state index is -0.348. The largest absolute Gasteiger partial charge is 0.487 e. The van der Waals surface area contributed by atoms with Crippen LogP contribution in [0.25, 0.3) is 0 Å². The number of nitrogens with one attached hydrogen (secondary N) is 1. The normalized spacial score (nSPS) is 10.7. The van der Waals surface area contributed by atoms with E-state index in [1.165, 1.54) is 0 Å². The molecule has 0 bridgehead atoms. The molecule has 0 unspecified atom stereocenters. The Bertz CT molecular complexity index is 925. The number of pyridine rings is 1. The molecule has 1 heterocycles. The molecule has 1 amide bonds. The van der Waals surface area contributed by atoms with Gasteiger partial charge in [0, 0.05) is 6.20 Å². The van der Waals surface area contributed by atoms with Gasteiger partial charge in [-0.1, -0.05) is 36.4 Å². The van der Waals surface area contributed by atoms with Crippen LogP contribution in [0.3, 0.4) is 0 Å². The zero-order chi connectivity index (χ0) is 19.1. The van der Waals surface area contributed by atoms with E-state index in [-0.39, 0.29) is 5.91 Å². The van der Waals surface area contributed by atoms with Gasteiger partial charge in [-0.3, -0.25) is 9.78 Å². The fourth-order valence-corrected chi connectivity index (χ4v) is 4.37. The zero-order valence-corrected chi connectivity index (χ0v) is 18.4. The number of benzene rings is 2. The van der Waals surface area contributed by atoms with Gasteiger partial charge in [-0.2, -0.15) is 5.10 Å². The van der Waals surface area contributed by atoms with Crippen LogP contribution in [0.1, 0.15) is 21.6 Å². The molecule has 7 heteroatoms. The molecule has 0 fully saturated rings. The Labute approximate surface area is 184 Å². The van der Waals surface area contributed by atoms with Crippen LogP contribution in [0, 0.1) is 7.14 Å². The van der Waals surface area contributed by atoms with E-state index < -0.39 is 0 Å². The summed E-state index contributed by atoms with van der Waals surface area (Å²) >= 11 is 4.48. The molecule has 5 nitrogen and oxygen atoms in total. The van der Waals surface area contributed by atoms with Crippen LogP contribution in [-0.2, 0) is 6.61 Å². The summed E-state index contributed by atoms with van der Waals surface area (Å²) in [7, 11) is 0. The first kappa shape index (κ1) is 19.7. The Balaban J connectivity index is 1.64. The quantitative estimate of drug-likeness (QED) is 0.262. The van der Waals surface area contributed by atoms with Gasteiger partial charge in [0.2, 0.25) is 0 Å². The molecule has 136 valence electrons. The highest BCUT2D eigenvalue weighted by Gasteiger charge is 2.09. The Hall–Kier alpha value is -2.01. The summed E-state index contributed by atoms with van der Waals surface area (Å²) in [6, 6.07) is 19.1. The summed E-state index contributed by atoms with van der Waals surface area (Å²) in [5.74, 6) is 0.494. The molecule has 3 rings (SSSR count). The minimum Gasteiger partial charge on any atom is -0.487 e. The maximum absolute atomic E-state index is 11.9. The van der Waals surface area contributed by atoms with E-state index in [0.29, 0.717) is 12.3 Å². The maximum atomic E-state index is 11.9. The van der Waals surface area contributed by atoms with Gasteiger partial charge in [-0.05, 0) is 80.6 Å². The third-order valence-corrected chi connectivity index (χ3v) is 5.13. The first-order valence-electron chi connectivity index (χ1n) is 8.03. The predicted molar refractivity (Wildman–Crippen MR) is 122 cm³/mol. The van der Waals surface area contributed by atoms with Crippen molar-refractivity contribution in [2.24, 2.45) is 5.10 Å². The molecule has 1 aromatic heterocycles. The third kappa shape index (κ3) is 5.73. The molecule has 0 saturated carbocycles. The summed E-state index contributed by atoms with van der Waals surface area (Å²) in [6.07, 6.45) is 3.17. The highest BCUT2D eigenvalue weighted by Crippen LogP contribution is 2.29. The molecule has 0 aliphatic rings. The van der Waals surface area contributed by atoms with Crippen molar-refractivity contribution < 1.29 is 9.53 Å². The first-order chi connectivity index (χ1) is 13.1. The number of ether oxygens (including phenoxy) is 1. The highest BCUT2D eigenvalue weighted by atomic mass is 127. The summed E-state index contributed by atoms with van der Waals surface area (Å²) in [6.45, 7) is 0.514. The lowest BCUT2D eigenvalue weighted by molar-refractivity contribution is 0.0950. The lowest BCUT2D eigenvalue weighted by Gasteiger charge is -2.11. The number of hydrogen-bond acceptors (Lipinski definition) is 4. The molecular weight excluding hydrogens is 568 g/mol.